The number of aliphatic imine (C=N–C) groups is 1. The number of carbonyl (C=O) groups is 3. The lowest BCUT2D eigenvalue weighted by atomic mass is 10.2. The summed E-state index contributed by atoms with van der Waals surface area (Å²) in [5, 5.41) is 10.8. The number of nitrogens with zero attached hydrogens (tertiary/aromatic N) is 1. The fourth-order valence-corrected chi connectivity index (χ4v) is 0.835. The average Bonchev–Trinajstić information content (AvgIpc) is 2.13. The summed E-state index contributed by atoms with van der Waals surface area (Å²) in [7, 11) is 0. The van der Waals surface area contributed by atoms with Crippen LogP contribution in [-0.2, 0) is 14.3 Å². The van der Waals surface area contributed by atoms with Crippen molar-refractivity contribution < 1.29 is 24.2 Å². The molecule has 0 rings (SSSR count). The first kappa shape index (κ1) is 16.1. The highest BCUT2D eigenvalue weighted by Crippen LogP contribution is 2.08. The van der Waals surface area contributed by atoms with Gasteiger partial charge in [0.2, 0.25) is 0 Å². The van der Waals surface area contributed by atoms with Crippen LogP contribution >= 0.6 is 0 Å². The third-order valence-corrected chi connectivity index (χ3v) is 1.70. The van der Waals surface area contributed by atoms with Gasteiger partial charge in [-0.05, 0) is 34.6 Å². The standard InChI is InChI=1S/C11H18N2O5/c1-6(8(14)12-7(2)9(15)16)13-10(17)18-11(3,4)5/h7H,1-5H3,(H,12,14)(H,15,16)/t7-/m0/s1. The molecule has 0 aromatic heterocycles. The molecule has 0 heterocycles. The average molecular weight is 258 g/mol. The smallest absolute Gasteiger partial charge is 0.434 e. The van der Waals surface area contributed by atoms with Gasteiger partial charge < -0.3 is 15.2 Å². The largest absolute Gasteiger partial charge is 0.480 e. The molecule has 0 bridgehead atoms. The number of amides is 2. The number of ether oxygens (including phenoxy) is 1. The van der Waals surface area contributed by atoms with Crippen LogP contribution in [0.25, 0.3) is 0 Å². The first-order chi connectivity index (χ1) is 8.03. The first-order valence-corrected chi connectivity index (χ1v) is 5.35. The molecule has 1 atom stereocenters. The highest BCUT2D eigenvalue weighted by Gasteiger charge is 2.19. The van der Waals surface area contributed by atoms with Crippen molar-refractivity contribution in [3.05, 3.63) is 0 Å². The quantitative estimate of drug-likeness (QED) is 0.734. The molecule has 7 heteroatoms. The van der Waals surface area contributed by atoms with Crippen LogP contribution in [0.2, 0.25) is 0 Å². The number of rotatable bonds is 3. The number of hydrogen-bond acceptors (Lipinski definition) is 4. The normalized spacial score (nSPS) is 13.7. The zero-order chi connectivity index (χ0) is 14.5. The van der Waals surface area contributed by atoms with E-state index in [1.54, 1.807) is 20.8 Å². The Kier molecular flexibility index (Phi) is 5.48. The fourth-order valence-electron chi connectivity index (χ4n) is 0.835. The molecule has 7 nitrogen and oxygen atoms in total. The van der Waals surface area contributed by atoms with Crippen molar-refractivity contribution in [1.29, 1.82) is 0 Å². The minimum atomic E-state index is -1.17. The van der Waals surface area contributed by atoms with Gasteiger partial charge in [0.05, 0.1) is 0 Å². The number of nitrogens with one attached hydrogen (secondary N) is 1. The molecule has 0 aromatic rings. The van der Waals surface area contributed by atoms with Gasteiger partial charge in [-0.3, -0.25) is 9.59 Å². The molecule has 0 fully saturated rings. The van der Waals surface area contributed by atoms with Gasteiger partial charge in [-0.1, -0.05) is 0 Å². The molecule has 0 aromatic carbocycles. The van der Waals surface area contributed by atoms with Crippen molar-refractivity contribution in [2.45, 2.75) is 46.3 Å². The van der Waals surface area contributed by atoms with Crippen LogP contribution in [0.3, 0.4) is 0 Å². The molecule has 18 heavy (non-hydrogen) atoms. The van der Waals surface area contributed by atoms with Crippen molar-refractivity contribution in [1.82, 2.24) is 5.32 Å². The molecule has 0 saturated heterocycles. The van der Waals surface area contributed by atoms with E-state index in [-0.39, 0.29) is 5.71 Å². The Morgan fingerprint density at radius 3 is 2.17 bits per heavy atom. The summed E-state index contributed by atoms with van der Waals surface area (Å²) in [4.78, 5) is 36.7. The van der Waals surface area contributed by atoms with E-state index in [0.717, 1.165) is 0 Å². The second kappa shape index (κ2) is 6.13. The summed E-state index contributed by atoms with van der Waals surface area (Å²) in [5.74, 6) is -1.90. The molecule has 0 aliphatic heterocycles. The van der Waals surface area contributed by atoms with Crippen LogP contribution in [0.1, 0.15) is 34.6 Å². The molecular formula is C11H18N2O5. The number of carboxylic acids is 1. The maximum absolute atomic E-state index is 11.4. The maximum Gasteiger partial charge on any atom is 0.434 e. The highest BCUT2D eigenvalue weighted by molar-refractivity contribution is 6.39. The highest BCUT2D eigenvalue weighted by atomic mass is 16.6. The van der Waals surface area contributed by atoms with Gasteiger partial charge >= 0.3 is 12.1 Å². The summed E-state index contributed by atoms with van der Waals surface area (Å²) in [6.07, 6.45) is -0.891. The second-order valence-corrected chi connectivity index (χ2v) is 4.71. The zero-order valence-corrected chi connectivity index (χ0v) is 11.1. The summed E-state index contributed by atoms with van der Waals surface area (Å²) >= 11 is 0. The fraction of sp³-hybridized carbons (Fsp3) is 0.636. The minimum Gasteiger partial charge on any atom is -0.480 e. The van der Waals surface area contributed by atoms with E-state index in [1.807, 2.05) is 0 Å². The zero-order valence-electron chi connectivity index (χ0n) is 11.1. The van der Waals surface area contributed by atoms with Gasteiger partial charge in [0.1, 0.15) is 17.4 Å². The van der Waals surface area contributed by atoms with Gasteiger partial charge in [-0.2, -0.15) is 4.99 Å². The van der Waals surface area contributed by atoms with E-state index in [0.29, 0.717) is 0 Å². The SMILES string of the molecule is CC(=NC(=O)OC(C)(C)C)C(=O)N[C@@H](C)C(=O)O. The summed E-state index contributed by atoms with van der Waals surface area (Å²) < 4.78 is 4.89. The van der Waals surface area contributed by atoms with E-state index in [4.69, 9.17) is 9.84 Å². The molecule has 0 unspecified atom stereocenters. The minimum absolute atomic E-state index is 0.155. The van der Waals surface area contributed by atoms with Crippen molar-refractivity contribution in [2.75, 3.05) is 0 Å². The van der Waals surface area contributed by atoms with Gasteiger partial charge in [-0.25, -0.2) is 4.79 Å². The van der Waals surface area contributed by atoms with Crippen molar-refractivity contribution in [3.8, 4) is 0 Å². The lowest BCUT2D eigenvalue weighted by molar-refractivity contribution is -0.140. The van der Waals surface area contributed by atoms with Gasteiger partial charge in [-0.15, -0.1) is 0 Å². The lowest BCUT2D eigenvalue weighted by Gasteiger charge is -2.17. The van der Waals surface area contributed by atoms with Crippen LogP contribution < -0.4 is 5.32 Å². The molecule has 102 valence electrons. The van der Waals surface area contributed by atoms with E-state index < -0.39 is 29.6 Å². The Bertz CT molecular complexity index is 381. The molecule has 0 aliphatic rings. The monoisotopic (exact) mass is 258 g/mol. The molecule has 0 saturated carbocycles. The van der Waals surface area contributed by atoms with E-state index >= 15 is 0 Å². The molecule has 2 N–H and O–H groups in total. The molecule has 0 aliphatic carbocycles. The third kappa shape index (κ3) is 6.62. The summed E-state index contributed by atoms with van der Waals surface area (Å²) in [5.41, 5.74) is -0.858. The maximum atomic E-state index is 11.4. The van der Waals surface area contributed by atoms with Crippen LogP contribution in [0, 0.1) is 0 Å². The number of aliphatic carboxylic acids is 1. The number of carboxylic acid groups (broad SMARTS) is 1. The molecule has 2 amide bonds. The molecular weight excluding hydrogens is 240 g/mol. The van der Waals surface area contributed by atoms with Crippen LogP contribution in [0.15, 0.2) is 4.99 Å². The van der Waals surface area contributed by atoms with E-state index in [2.05, 4.69) is 10.3 Å². The van der Waals surface area contributed by atoms with Crippen LogP contribution in [0.4, 0.5) is 4.79 Å². The Labute approximate surface area is 105 Å². The molecule has 0 spiro atoms. The van der Waals surface area contributed by atoms with Gasteiger partial charge in [0.15, 0.2) is 0 Å². The predicted octanol–water partition coefficient (Wildman–Crippen LogP) is 0.972. The predicted molar refractivity (Wildman–Crippen MR) is 64.6 cm³/mol. The van der Waals surface area contributed by atoms with Crippen molar-refractivity contribution >= 4 is 23.7 Å². The Hall–Kier alpha value is -1.92. The molecule has 0 radical (unpaired) electrons. The lowest BCUT2D eigenvalue weighted by Crippen LogP contribution is -2.41. The summed E-state index contributed by atoms with van der Waals surface area (Å²) in [6.45, 7) is 7.61. The Morgan fingerprint density at radius 2 is 1.78 bits per heavy atom. The third-order valence-electron chi connectivity index (χ3n) is 1.70. The van der Waals surface area contributed by atoms with Gasteiger partial charge in [0.25, 0.3) is 5.91 Å². The topological polar surface area (TPSA) is 105 Å². The summed E-state index contributed by atoms with van der Waals surface area (Å²) in [6, 6.07) is -1.05. The number of carbonyl (C=O) groups excluding carboxylic acids is 2. The van der Waals surface area contributed by atoms with Crippen molar-refractivity contribution in [2.24, 2.45) is 4.99 Å². The van der Waals surface area contributed by atoms with E-state index in [1.165, 1.54) is 13.8 Å². The van der Waals surface area contributed by atoms with Crippen LogP contribution in [0.5, 0.6) is 0 Å². The second-order valence-electron chi connectivity index (χ2n) is 4.71. The van der Waals surface area contributed by atoms with E-state index in [9.17, 15) is 14.4 Å². The van der Waals surface area contributed by atoms with Crippen LogP contribution in [-0.4, -0.2) is 40.4 Å². The Balaban J connectivity index is 4.55. The Morgan fingerprint density at radius 1 is 1.28 bits per heavy atom. The number of hydrogen-bond donors (Lipinski definition) is 2. The van der Waals surface area contributed by atoms with Gasteiger partial charge in [0, 0.05) is 0 Å². The van der Waals surface area contributed by atoms with Crippen molar-refractivity contribution in [3.63, 3.8) is 0 Å². The first-order valence-electron chi connectivity index (χ1n) is 5.35.